The third kappa shape index (κ3) is 4.63. The van der Waals surface area contributed by atoms with Crippen LogP contribution in [0, 0.1) is 0 Å². The molecule has 2 aromatic rings. The fraction of sp³-hybridized carbons (Fsp3) is 0.261. The fourth-order valence-corrected chi connectivity index (χ4v) is 3.98. The quantitative estimate of drug-likeness (QED) is 0.320. The van der Waals surface area contributed by atoms with Crippen molar-refractivity contribution in [3.63, 3.8) is 0 Å². The SMILES string of the molecule is CCCN1C(=O)/C(=C\c2ccc(OC(C)C)c(Br)c2)C(=O)N(c2ccccc2)C1=S. The van der Waals surface area contributed by atoms with Gasteiger partial charge in [-0.25, -0.2) is 0 Å². The van der Waals surface area contributed by atoms with Gasteiger partial charge in [0.25, 0.3) is 11.8 Å². The monoisotopic (exact) mass is 486 g/mol. The van der Waals surface area contributed by atoms with Crippen LogP contribution < -0.4 is 9.64 Å². The number of carbonyl (C=O) groups excluding carboxylic acids is 2. The van der Waals surface area contributed by atoms with Crippen molar-refractivity contribution in [3.05, 3.63) is 64.1 Å². The molecule has 0 aliphatic carbocycles. The number of para-hydroxylation sites is 1. The molecule has 0 aromatic heterocycles. The van der Waals surface area contributed by atoms with E-state index in [2.05, 4.69) is 15.9 Å². The molecule has 2 amide bonds. The van der Waals surface area contributed by atoms with E-state index < -0.39 is 5.91 Å². The van der Waals surface area contributed by atoms with Crippen LogP contribution in [-0.4, -0.2) is 34.5 Å². The fourth-order valence-electron chi connectivity index (χ4n) is 3.12. The van der Waals surface area contributed by atoms with Gasteiger partial charge in [0, 0.05) is 6.54 Å². The van der Waals surface area contributed by atoms with Crippen LogP contribution in [0.2, 0.25) is 0 Å². The van der Waals surface area contributed by atoms with Crippen LogP contribution >= 0.6 is 28.1 Å². The molecule has 2 aromatic carbocycles. The average molecular weight is 487 g/mol. The molecule has 1 fully saturated rings. The third-order valence-corrected chi connectivity index (χ3v) is 5.45. The summed E-state index contributed by atoms with van der Waals surface area (Å²) in [5.41, 5.74) is 1.42. The van der Waals surface area contributed by atoms with Crippen LogP contribution in [0.4, 0.5) is 5.69 Å². The van der Waals surface area contributed by atoms with E-state index >= 15 is 0 Å². The third-order valence-electron chi connectivity index (χ3n) is 4.42. The zero-order valence-corrected chi connectivity index (χ0v) is 19.5. The predicted molar refractivity (Wildman–Crippen MR) is 126 cm³/mol. The molecule has 0 atom stereocenters. The molecule has 0 saturated carbocycles. The molecule has 0 N–H and O–H groups in total. The number of hydrogen-bond acceptors (Lipinski definition) is 4. The van der Waals surface area contributed by atoms with Crippen molar-refractivity contribution in [1.82, 2.24) is 4.90 Å². The van der Waals surface area contributed by atoms with Crippen LogP contribution in [0.15, 0.2) is 58.6 Å². The molecule has 0 radical (unpaired) electrons. The highest BCUT2D eigenvalue weighted by atomic mass is 79.9. The van der Waals surface area contributed by atoms with Crippen LogP contribution in [0.25, 0.3) is 6.08 Å². The summed E-state index contributed by atoms with van der Waals surface area (Å²) in [4.78, 5) is 29.3. The summed E-state index contributed by atoms with van der Waals surface area (Å²) in [5, 5.41) is 0.206. The summed E-state index contributed by atoms with van der Waals surface area (Å²) in [5.74, 6) is -0.104. The molecule has 0 unspecified atom stereocenters. The number of amides is 2. The molecule has 7 heteroatoms. The van der Waals surface area contributed by atoms with E-state index in [-0.39, 0.29) is 22.7 Å². The molecule has 5 nitrogen and oxygen atoms in total. The summed E-state index contributed by atoms with van der Waals surface area (Å²) in [6.07, 6.45) is 2.37. The second kappa shape index (κ2) is 9.53. The molecule has 1 saturated heterocycles. The Labute approximate surface area is 190 Å². The van der Waals surface area contributed by atoms with Crippen molar-refractivity contribution in [2.24, 2.45) is 0 Å². The van der Waals surface area contributed by atoms with Gasteiger partial charge in [0.2, 0.25) is 0 Å². The smallest absolute Gasteiger partial charge is 0.270 e. The van der Waals surface area contributed by atoms with Crippen molar-refractivity contribution in [1.29, 1.82) is 0 Å². The highest BCUT2D eigenvalue weighted by Gasteiger charge is 2.39. The number of hydrogen-bond donors (Lipinski definition) is 0. The second-order valence-electron chi connectivity index (χ2n) is 7.13. The van der Waals surface area contributed by atoms with Crippen molar-refractivity contribution < 1.29 is 14.3 Å². The molecule has 0 bridgehead atoms. The van der Waals surface area contributed by atoms with Gasteiger partial charge in [0.05, 0.1) is 16.3 Å². The summed E-state index contributed by atoms with van der Waals surface area (Å²) >= 11 is 9.00. The summed E-state index contributed by atoms with van der Waals surface area (Å²) in [7, 11) is 0. The number of anilines is 1. The molecule has 1 aliphatic rings. The molecule has 156 valence electrons. The number of thiocarbonyl (C=S) groups is 1. The molecule has 0 spiro atoms. The number of rotatable bonds is 6. The molecular formula is C23H23BrN2O3S. The predicted octanol–water partition coefficient (Wildman–Crippen LogP) is 5.19. The van der Waals surface area contributed by atoms with Gasteiger partial charge < -0.3 is 4.74 Å². The molecule has 3 rings (SSSR count). The van der Waals surface area contributed by atoms with Crippen molar-refractivity contribution in [3.8, 4) is 5.75 Å². The zero-order chi connectivity index (χ0) is 21.8. The van der Waals surface area contributed by atoms with E-state index in [9.17, 15) is 9.59 Å². The number of benzene rings is 2. The first-order valence-electron chi connectivity index (χ1n) is 9.76. The first-order valence-corrected chi connectivity index (χ1v) is 11.0. The van der Waals surface area contributed by atoms with Gasteiger partial charge >= 0.3 is 0 Å². The second-order valence-corrected chi connectivity index (χ2v) is 8.35. The Kier molecular flexibility index (Phi) is 7.05. The number of carbonyl (C=O) groups is 2. The van der Waals surface area contributed by atoms with Crippen LogP contribution in [0.5, 0.6) is 5.75 Å². The van der Waals surface area contributed by atoms with Gasteiger partial charge in [0.15, 0.2) is 5.11 Å². The van der Waals surface area contributed by atoms with E-state index in [4.69, 9.17) is 17.0 Å². The summed E-state index contributed by atoms with van der Waals surface area (Å²) < 4.78 is 6.49. The van der Waals surface area contributed by atoms with E-state index in [0.29, 0.717) is 23.5 Å². The summed E-state index contributed by atoms with van der Waals surface area (Å²) in [6, 6.07) is 14.6. The zero-order valence-electron chi connectivity index (χ0n) is 17.1. The lowest BCUT2D eigenvalue weighted by Gasteiger charge is -2.36. The van der Waals surface area contributed by atoms with Crippen LogP contribution in [0.3, 0.4) is 0 Å². The first kappa shape index (κ1) is 22.2. The van der Waals surface area contributed by atoms with Gasteiger partial charge in [0.1, 0.15) is 11.3 Å². The van der Waals surface area contributed by atoms with Gasteiger partial charge in [-0.2, -0.15) is 0 Å². The topological polar surface area (TPSA) is 49.9 Å². The van der Waals surface area contributed by atoms with Crippen molar-refractivity contribution >= 4 is 56.8 Å². The Bertz CT molecular complexity index is 1000. The summed E-state index contributed by atoms with van der Waals surface area (Å²) in [6.45, 7) is 6.31. The minimum Gasteiger partial charge on any atom is -0.490 e. The number of nitrogens with zero attached hydrogens (tertiary/aromatic N) is 2. The van der Waals surface area contributed by atoms with E-state index in [1.54, 1.807) is 18.2 Å². The lowest BCUT2D eigenvalue weighted by atomic mass is 10.1. The van der Waals surface area contributed by atoms with Gasteiger partial charge in [-0.1, -0.05) is 31.2 Å². The van der Waals surface area contributed by atoms with Crippen molar-refractivity contribution in [2.45, 2.75) is 33.3 Å². The largest absolute Gasteiger partial charge is 0.490 e. The maximum absolute atomic E-state index is 13.3. The number of ether oxygens (including phenoxy) is 1. The van der Waals surface area contributed by atoms with Crippen LogP contribution in [-0.2, 0) is 9.59 Å². The minimum atomic E-state index is -0.429. The maximum Gasteiger partial charge on any atom is 0.270 e. The van der Waals surface area contributed by atoms with Crippen molar-refractivity contribution in [2.75, 3.05) is 11.4 Å². The normalized spacial score (nSPS) is 16.0. The standard InChI is InChI=1S/C23H23BrN2O3S/c1-4-12-25-21(27)18(13-16-10-11-20(19(24)14-16)29-15(2)3)22(28)26(23(25)30)17-8-6-5-7-9-17/h5-11,13-15H,4,12H2,1-3H3/b18-13+. The highest BCUT2D eigenvalue weighted by Crippen LogP contribution is 2.30. The Balaban J connectivity index is 2.03. The molecule has 1 heterocycles. The Morgan fingerprint density at radius 2 is 1.80 bits per heavy atom. The maximum atomic E-state index is 13.3. The Hall–Kier alpha value is -2.51. The van der Waals surface area contributed by atoms with Gasteiger partial charge in [-0.15, -0.1) is 0 Å². The Morgan fingerprint density at radius 1 is 1.10 bits per heavy atom. The van der Waals surface area contributed by atoms with E-state index in [1.807, 2.05) is 57.2 Å². The van der Waals surface area contributed by atoms with Gasteiger partial charge in [-0.3, -0.25) is 19.4 Å². The lowest BCUT2D eigenvalue weighted by Crippen LogP contribution is -2.56. The molecular weight excluding hydrogens is 464 g/mol. The Morgan fingerprint density at radius 3 is 2.40 bits per heavy atom. The first-order chi connectivity index (χ1) is 14.3. The van der Waals surface area contributed by atoms with Crippen LogP contribution in [0.1, 0.15) is 32.8 Å². The van der Waals surface area contributed by atoms with Gasteiger partial charge in [-0.05, 0) is 84.3 Å². The van der Waals surface area contributed by atoms with E-state index in [0.717, 1.165) is 10.9 Å². The highest BCUT2D eigenvalue weighted by molar-refractivity contribution is 9.10. The van der Waals surface area contributed by atoms with E-state index in [1.165, 1.54) is 9.80 Å². The lowest BCUT2D eigenvalue weighted by molar-refractivity contribution is -0.127. The molecule has 1 aliphatic heterocycles. The molecule has 30 heavy (non-hydrogen) atoms. The minimum absolute atomic E-state index is 0.0371. The average Bonchev–Trinajstić information content (AvgIpc) is 2.71. The number of halogens is 1.